The maximum absolute atomic E-state index is 4.68. The molecule has 0 bridgehead atoms. The zero-order valence-corrected chi connectivity index (χ0v) is 14.4. The summed E-state index contributed by atoms with van der Waals surface area (Å²) in [6.07, 6.45) is 1.05. The van der Waals surface area contributed by atoms with E-state index in [4.69, 9.17) is 0 Å². The Morgan fingerprint density at radius 1 is 1.05 bits per heavy atom. The molecule has 118 valence electrons. The summed E-state index contributed by atoms with van der Waals surface area (Å²) in [6.45, 7) is 11.1. The van der Waals surface area contributed by atoms with E-state index >= 15 is 0 Å². The Labute approximate surface area is 137 Å². The lowest BCUT2D eigenvalue weighted by Crippen LogP contribution is -2.45. The van der Waals surface area contributed by atoms with Gasteiger partial charge in [0.05, 0.1) is 10.7 Å². The molecule has 2 heterocycles. The summed E-state index contributed by atoms with van der Waals surface area (Å²) in [7, 11) is 0. The maximum atomic E-state index is 4.68. The SMILES string of the molecule is CCc1nc(CN2CCN(Cc3ccccc3C)CC2)cs1. The van der Waals surface area contributed by atoms with Gasteiger partial charge in [-0.1, -0.05) is 31.2 Å². The second-order valence-electron chi connectivity index (χ2n) is 6.06. The van der Waals surface area contributed by atoms with Gasteiger partial charge in [-0.15, -0.1) is 11.3 Å². The van der Waals surface area contributed by atoms with Gasteiger partial charge < -0.3 is 0 Å². The minimum absolute atomic E-state index is 1.01. The van der Waals surface area contributed by atoms with Gasteiger partial charge in [-0.2, -0.15) is 0 Å². The van der Waals surface area contributed by atoms with Crippen LogP contribution in [0.4, 0.5) is 0 Å². The van der Waals surface area contributed by atoms with E-state index in [1.807, 2.05) is 0 Å². The molecule has 0 N–H and O–H groups in total. The molecule has 1 fully saturated rings. The number of thiazole rings is 1. The van der Waals surface area contributed by atoms with Crippen molar-refractivity contribution < 1.29 is 0 Å². The third kappa shape index (κ3) is 3.94. The Morgan fingerprint density at radius 3 is 2.36 bits per heavy atom. The van der Waals surface area contributed by atoms with Crippen LogP contribution in [0.3, 0.4) is 0 Å². The Morgan fingerprint density at radius 2 is 1.73 bits per heavy atom. The molecule has 3 nitrogen and oxygen atoms in total. The molecule has 0 spiro atoms. The van der Waals surface area contributed by atoms with Crippen molar-refractivity contribution in [3.8, 4) is 0 Å². The highest BCUT2D eigenvalue weighted by Gasteiger charge is 2.18. The van der Waals surface area contributed by atoms with Gasteiger partial charge in [0.15, 0.2) is 0 Å². The number of piperazine rings is 1. The molecule has 1 aromatic heterocycles. The van der Waals surface area contributed by atoms with E-state index in [1.54, 1.807) is 11.3 Å². The van der Waals surface area contributed by atoms with Crippen molar-refractivity contribution in [2.45, 2.75) is 33.4 Å². The van der Waals surface area contributed by atoms with Crippen molar-refractivity contribution in [2.75, 3.05) is 26.2 Å². The quantitative estimate of drug-likeness (QED) is 0.843. The highest BCUT2D eigenvalue weighted by Crippen LogP contribution is 2.15. The van der Waals surface area contributed by atoms with E-state index < -0.39 is 0 Å². The van der Waals surface area contributed by atoms with Gasteiger partial charge in [0.2, 0.25) is 0 Å². The Balaban J connectivity index is 1.49. The van der Waals surface area contributed by atoms with E-state index in [0.29, 0.717) is 0 Å². The normalized spacial score (nSPS) is 17.0. The van der Waals surface area contributed by atoms with Gasteiger partial charge in [0.1, 0.15) is 0 Å². The molecular formula is C18H25N3S. The zero-order valence-electron chi connectivity index (χ0n) is 13.6. The summed E-state index contributed by atoms with van der Waals surface area (Å²) in [4.78, 5) is 9.78. The predicted octanol–water partition coefficient (Wildman–Crippen LogP) is 3.33. The molecule has 1 aliphatic rings. The van der Waals surface area contributed by atoms with Crippen LogP contribution < -0.4 is 0 Å². The van der Waals surface area contributed by atoms with Crippen LogP contribution in [0.5, 0.6) is 0 Å². The first kappa shape index (κ1) is 15.7. The lowest BCUT2D eigenvalue weighted by atomic mass is 10.1. The summed E-state index contributed by atoms with van der Waals surface area (Å²) in [5.41, 5.74) is 4.11. The maximum Gasteiger partial charge on any atom is 0.0926 e. The molecule has 0 amide bonds. The number of hydrogen-bond acceptors (Lipinski definition) is 4. The predicted molar refractivity (Wildman–Crippen MR) is 93.2 cm³/mol. The second kappa shape index (κ2) is 7.36. The second-order valence-corrected chi connectivity index (χ2v) is 7.01. The monoisotopic (exact) mass is 315 g/mol. The molecule has 0 atom stereocenters. The summed E-state index contributed by atoms with van der Waals surface area (Å²) >= 11 is 1.79. The third-order valence-electron chi connectivity index (χ3n) is 4.41. The number of nitrogens with zero attached hydrogens (tertiary/aromatic N) is 3. The Kier molecular flexibility index (Phi) is 5.24. The standard InChI is InChI=1S/C18H25N3S/c1-3-18-19-17(14-22-18)13-21-10-8-20(9-11-21)12-16-7-5-4-6-15(16)2/h4-7,14H,3,8-13H2,1-2H3. The molecule has 2 aromatic rings. The topological polar surface area (TPSA) is 19.4 Å². The zero-order chi connectivity index (χ0) is 15.4. The van der Waals surface area contributed by atoms with E-state index in [1.165, 1.54) is 21.8 Å². The van der Waals surface area contributed by atoms with Crippen molar-refractivity contribution >= 4 is 11.3 Å². The molecule has 0 unspecified atom stereocenters. The van der Waals surface area contributed by atoms with E-state index in [2.05, 4.69) is 58.3 Å². The van der Waals surface area contributed by atoms with Crippen LogP contribution in [-0.2, 0) is 19.5 Å². The van der Waals surface area contributed by atoms with Gasteiger partial charge in [0.25, 0.3) is 0 Å². The van der Waals surface area contributed by atoms with Gasteiger partial charge >= 0.3 is 0 Å². The molecule has 4 heteroatoms. The van der Waals surface area contributed by atoms with E-state index in [0.717, 1.165) is 45.7 Å². The molecule has 22 heavy (non-hydrogen) atoms. The first-order valence-electron chi connectivity index (χ1n) is 8.17. The van der Waals surface area contributed by atoms with Crippen LogP contribution in [0, 0.1) is 6.92 Å². The summed E-state index contributed by atoms with van der Waals surface area (Å²) < 4.78 is 0. The summed E-state index contributed by atoms with van der Waals surface area (Å²) in [6, 6.07) is 8.73. The van der Waals surface area contributed by atoms with Crippen LogP contribution in [0.25, 0.3) is 0 Å². The van der Waals surface area contributed by atoms with Crippen molar-refractivity contribution in [3.63, 3.8) is 0 Å². The molecule has 1 aliphatic heterocycles. The van der Waals surface area contributed by atoms with E-state index in [9.17, 15) is 0 Å². The first-order valence-corrected chi connectivity index (χ1v) is 9.05. The number of hydrogen-bond donors (Lipinski definition) is 0. The number of aromatic nitrogens is 1. The van der Waals surface area contributed by atoms with Crippen LogP contribution in [-0.4, -0.2) is 41.0 Å². The lowest BCUT2D eigenvalue weighted by molar-refractivity contribution is 0.121. The van der Waals surface area contributed by atoms with Gasteiger partial charge in [-0.3, -0.25) is 9.80 Å². The lowest BCUT2D eigenvalue weighted by Gasteiger charge is -2.34. The smallest absolute Gasteiger partial charge is 0.0926 e. The molecule has 0 radical (unpaired) electrons. The van der Waals surface area contributed by atoms with Crippen LogP contribution in [0.15, 0.2) is 29.6 Å². The van der Waals surface area contributed by atoms with Gasteiger partial charge in [-0.25, -0.2) is 4.98 Å². The molecule has 0 aliphatic carbocycles. The number of rotatable bonds is 5. The Hall–Kier alpha value is -1.23. The highest BCUT2D eigenvalue weighted by molar-refractivity contribution is 7.09. The minimum Gasteiger partial charge on any atom is -0.297 e. The minimum atomic E-state index is 1.01. The van der Waals surface area contributed by atoms with E-state index in [-0.39, 0.29) is 0 Å². The fraction of sp³-hybridized carbons (Fsp3) is 0.500. The van der Waals surface area contributed by atoms with Gasteiger partial charge in [-0.05, 0) is 24.5 Å². The first-order chi connectivity index (χ1) is 10.7. The highest BCUT2D eigenvalue weighted by atomic mass is 32.1. The molecule has 1 saturated heterocycles. The molecular weight excluding hydrogens is 290 g/mol. The van der Waals surface area contributed by atoms with Gasteiger partial charge in [0, 0.05) is 44.6 Å². The van der Waals surface area contributed by atoms with Crippen LogP contribution >= 0.6 is 11.3 Å². The molecule has 1 aromatic carbocycles. The average Bonchev–Trinajstić information content (AvgIpc) is 2.99. The fourth-order valence-corrected chi connectivity index (χ4v) is 3.68. The van der Waals surface area contributed by atoms with Crippen molar-refractivity contribution in [3.05, 3.63) is 51.5 Å². The van der Waals surface area contributed by atoms with Crippen molar-refractivity contribution in [2.24, 2.45) is 0 Å². The largest absolute Gasteiger partial charge is 0.297 e. The third-order valence-corrected chi connectivity index (χ3v) is 5.45. The van der Waals surface area contributed by atoms with Crippen LogP contribution in [0.1, 0.15) is 28.8 Å². The van der Waals surface area contributed by atoms with Crippen molar-refractivity contribution in [1.82, 2.24) is 14.8 Å². The number of aryl methyl sites for hydroxylation is 2. The molecule has 3 rings (SSSR count). The van der Waals surface area contributed by atoms with Crippen molar-refractivity contribution in [1.29, 1.82) is 0 Å². The molecule has 0 saturated carbocycles. The fourth-order valence-electron chi connectivity index (χ4n) is 2.95. The summed E-state index contributed by atoms with van der Waals surface area (Å²) in [5, 5.41) is 3.48. The number of benzene rings is 1. The summed E-state index contributed by atoms with van der Waals surface area (Å²) in [5.74, 6) is 0. The average molecular weight is 315 g/mol. The van der Waals surface area contributed by atoms with Crippen LogP contribution in [0.2, 0.25) is 0 Å². The Bertz CT molecular complexity index is 600.